The number of hydrogen-bond acceptors (Lipinski definition) is 7. The fourth-order valence-corrected chi connectivity index (χ4v) is 3.01. The Morgan fingerprint density at radius 2 is 1.93 bits per heavy atom. The van der Waals surface area contributed by atoms with Gasteiger partial charge in [0, 0.05) is 31.9 Å². The molecule has 1 N–H and O–H groups in total. The summed E-state index contributed by atoms with van der Waals surface area (Å²) in [6.45, 7) is 4.48. The van der Waals surface area contributed by atoms with Gasteiger partial charge in [0.05, 0.1) is 12.5 Å². The highest BCUT2D eigenvalue weighted by Gasteiger charge is 2.25. The third-order valence-corrected chi connectivity index (χ3v) is 4.54. The molecule has 1 aromatic carbocycles. The minimum absolute atomic E-state index is 0.0892. The number of piperazine rings is 1. The van der Waals surface area contributed by atoms with Crippen LogP contribution >= 0.6 is 0 Å². The molecular formula is C19H20N6O2. The van der Waals surface area contributed by atoms with Gasteiger partial charge >= 0.3 is 0 Å². The minimum atomic E-state index is -0.0892. The summed E-state index contributed by atoms with van der Waals surface area (Å²) < 4.78 is 5.19. The molecule has 2 aromatic heterocycles. The molecule has 27 heavy (non-hydrogen) atoms. The van der Waals surface area contributed by atoms with E-state index in [1.54, 1.807) is 23.2 Å². The monoisotopic (exact) mass is 364 g/mol. The first-order chi connectivity index (χ1) is 13.2. The van der Waals surface area contributed by atoms with Crippen molar-refractivity contribution in [1.82, 2.24) is 20.1 Å². The molecule has 4 rings (SSSR count). The lowest BCUT2D eigenvalue weighted by Gasteiger charge is -2.34. The van der Waals surface area contributed by atoms with Gasteiger partial charge in [0.25, 0.3) is 5.91 Å². The quantitative estimate of drug-likeness (QED) is 0.761. The van der Waals surface area contributed by atoms with E-state index in [9.17, 15) is 4.79 Å². The molecule has 0 radical (unpaired) electrons. The molecule has 8 nitrogen and oxygen atoms in total. The van der Waals surface area contributed by atoms with Crippen LogP contribution < -0.4 is 10.2 Å². The number of amides is 1. The summed E-state index contributed by atoms with van der Waals surface area (Å²) in [6, 6.07) is 11.4. The molecule has 0 saturated carbocycles. The number of benzene rings is 1. The Morgan fingerprint density at radius 3 is 2.67 bits per heavy atom. The zero-order chi connectivity index (χ0) is 18.6. The zero-order valence-corrected chi connectivity index (χ0v) is 15.0. The summed E-state index contributed by atoms with van der Waals surface area (Å²) in [5.41, 5.74) is 2.11. The van der Waals surface area contributed by atoms with E-state index in [0.717, 1.165) is 11.3 Å². The van der Waals surface area contributed by atoms with Gasteiger partial charge in [-0.25, -0.2) is 0 Å². The molecule has 1 aliphatic rings. The van der Waals surface area contributed by atoms with E-state index in [1.165, 1.54) is 6.26 Å². The fourth-order valence-electron chi connectivity index (χ4n) is 3.01. The van der Waals surface area contributed by atoms with Crippen LogP contribution in [0.25, 0.3) is 0 Å². The van der Waals surface area contributed by atoms with Gasteiger partial charge in [0.15, 0.2) is 11.6 Å². The Labute approximate surface area is 156 Å². The second kappa shape index (κ2) is 7.45. The third kappa shape index (κ3) is 3.74. The van der Waals surface area contributed by atoms with Crippen LogP contribution in [0.4, 0.5) is 17.5 Å². The van der Waals surface area contributed by atoms with Gasteiger partial charge in [-0.05, 0) is 30.7 Å². The number of nitrogens with zero attached hydrogens (tertiary/aromatic N) is 5. The van der Waals surface area contributed by atoms with E-state index in [-0.39, 0.29) is 5.91 Å². The van der Waals surface area contributed by atoms with Crippen LogP contribution in [0.5, 0.6) is 0 Å². The van der Waals surface area contributed by atoms with Crippen LogP contribution in [0.1, 0.15) is 16.1 Å². The van der Waals surface area contributed by atoms with Crippen molar-refractivity contribution in [2.45, 2.75) is 6.92 Å². The van der Waals surface area contributed by atoms with E-state index < -0.39 is 0 Å². The van der Waals surface area contributed by atoms with E-state index in [0.29, 0.717) is 43.7 Å². The number of aryl methyl sites for hydroxylation is 1. The molecule has 3 heterocycles. The van der Waals surface area contributed by atoms with Gasteiger partial charge in [-0.3, -0.25) is 4.79 Å². The number of carbonyl (C=O) groups is 1. The first kappa shape index (κ1) is 17.0. The van der Waals surface area contributed by atoms with Crippen molar-refractivity contribution in [3.05, 3.63) is 60.2 Å². The van der Waals surface area contributed by atoms with Crippen molar-refractivity contribution in [3.63, 3.8) is 0 Å². The lowest BCUT2D eigenvalue weighted by Crippen LogP contribution is -2.49. The van der Waals surface area contributed by atoms with Crippen molar-refractivity contribution >= 4 is 23.4 Å². The Bertz CT molecular complexity index is 919. The largest absolute Gasteiger partial charge is 0.459 e. The SMILES string of the molecule is Cc1ccccc1Nc1cnnc(N2CCN(C(=O)c3ccco3)CC2)n1. The van der Waals surface area contributed by atoms with E-state index in [2.05, 4.69) is 20.5 Å². The number of aromatic nitrogens is 3. The maximum Gasteiger partial charge on any atom is 0.289 e. The zero-order valence-electron chi connectivity index (χ0n) is 15.0. The van der Waals surface area contributed by atoms with Crippen molar-refractivity contribution in [1.29, 1.82) is 0 Å². The summed E-state index contributed by atoms with van der Waals surface area (Å²) in [4.78, 5) is 20.7. The molecule has 0 spiro atoms. The maximum atomic E-state index is 12.4. The fraction of sp³-hybridized carbons (Fsp3) is 0.263. The topological polar surface area (TPSA) is 87.4 Å². The summed E-state index contributed by atoms with van der Waals surface area (Å²) in [5, 5.41) is 11.5. The second-order valence-electron chi connectivity index (χ2n) is 6.34. The number of anilines is 3. The molecule has 0 bridgehead atoms. The van der Waals surface area contributed by atoms with E-state index in [1.807, 2.05) is 36.1 Å². The Balaban J connectivity index is 1.41. The average molecular weight is 364 g/mol. The summed E-state index contributed by atoms with van der Waals surface area (Å²) in [7, 11) is 0. The standard InChI is InChI=1S/C19H20N6O2/c1-14-5-2-3-6-15(14)21-17-13-20-23-19(22-17)25-10-8-24(9-11-25)18(26)16-7-4-12-27-16/h2-7,12-13H,8-11H2,1H3,(H,21,22,23). The molecule has 1 aliphatic heterocycles. The van der Waals surface area contributed by atoms with Crippen LogP contribution in [0.15, 0.2) is 53.3 Å². The smallest absolute Gasteiger partial charge is 0.289 e. The van der Waals surface area contributed by atoms with Gasteiger partial charge in [0.2, 0.25) is 5.95 Å². The molecule has 0 atom stereocenters. The predicted octanol–water partition coefficient (Wildman–Crippen LogP) is 2.48. The van der Waals surface area contributed by atoms with Gasteiger partial charge in [-0.15, -0.1) is 5.10 Å². The van der Waals surface area contributed by atoms with Gasteiger partial charge in [0.1, 0.15) is 0 Å². The van der Waals surface area contributed by atoms with E-state index in [4.69, 9.17) is 4.42 Å². The second-order valence-corrected chi connectivity index (χ2v) is 6.34. The normalized spacial score (nSPS) is 14.3. The van der Waals surface area contributed by atoms with E-state index >= 15 is 0 Å². The number of rotatable bonds is 4. The molecular weight excluding hydrogens is 344 g/mol. The highest BCUT2D eigenvalue weighted by molar-refractivity contribution is 5.91. The first-order valence-corrected chi connectivity index (χ1v) is 8.81. The van der Waals surface area contributed by atoms with Crippen molar-refractivity contribution in [3.8, 4) is 0 Å². The Morgan fingerprint density at radius 1 is 1.11 bits per heavy atom. The van der Waals surface area contributed by atoms with Crippen LogP contribution in [-0.2, 0) is 0 Å². The summed E-state index contributed by atoms with van der Waals surface area (Å²) >= 11 is 0. The predicted molar refractivity (Wildman–Crippen MR) is 101 cm³/mol. The van der Waals surface area contributed by atoms with Crippen LogP contribution in [0.3, 0.4) is 0 Å². The maximum absolute atomic E-state index is 12.4. The third-order valence-electron chi connectivity index (χ3n) is 4.54. The Hall–Kier alpha value is -3.42. The van der Waals surface area contributed by atoms with Crippen molar-refractivity contribution < 1.29 is 9.21 Å². The molecule has 138 valence electrons. The summed E-state index contributed by atoms with van der Waals surface area (Å²) in [5.74, 6) is 1.47. The highest BCUT2D eigenvalue weighted by atomic mass is 16.3. The van der Waals surface area contributed by atoms with Gasteiger partial charge in [-0.1, -0.05) is 18.2 Å². The molecule has 1 amide bonds. The number of nitrogens with one attached hydrogen (secondary N) is 1. The van der Waals surface area contributed by atoms with Gasteiger partial charge in [-0.2, -0.15) is 10.1 Å². The molecule has 8 heteroatoms. The molecule has 3 aromatic rings. The molecule has 1 saturated heterocycles. The van der Waals surface area contributed by atoms with Crippen molar-refractivity contribution in [2.24, 2.45) is 0 Å². The molecule has 0 unspecified atom stereocenters. The van der Waals surface area contributed by atoms with Crippen LogP contribution in [0.2, 0.25) is 0 Å². The number of carbonyl (C=O) groups excluding carboxylic acids is 1. The Kier molecular flexibility index (Phi) is 4.69. The summed E-state index contributed by atoms with van der Waals surface area (Å²) in [6.07, 6.45) is 3.11. The minimum Gasteiger partial charge on any atom is -0.459 e. The average Bonchev–Trinajstić information content (AvgIpc) is 3.24. The number of furan rings is 1. The van der Waals surface area contributed by atoms with Crippen LogP contribution in [-0.4, -0.2) is 52.2 Å². The lowest BCUT2D eigenvalue weighted by molar-refractivity contribution is 0.0714. The number of hydrogen-bond donors (Lipinski definition) is 1. The van der Waals surface area contributed by atoms with Crippen molar-refractivity contribution in [2.75, 3.05) is 36.4 Å². The highest BCUT2D eigenvalue weighted by Crippen LogP contribution is 2.20. The van der Waals surface area contributed by atoms with Gasteiger partial charge < -0.3 is 19.5 Å². The molecule has 1 fully saturated rings. The molecule has 0 aliphatic carbocycles. The first-order valence-electron chi connectivity index (χ1n) is 8.81. The lowest BCUT2D eigenvalue weighted by atomic mass is 10.2. The number of para-hydroxylation sites is 1. The van der Waals surface area contributed by atoms with Crippen LogP contribution in [0, 0.1) is 6.92 Å².